The number of imidazole rings is 1. The number of nitrogens with zero attached hydrogens (tertiary/aromatic N) is 3. The number of methoxy groups -OCH3 is 1. The number of aromatic nitrogens is 2. The van der Waals surface area contributed by atoms with Gasteiger partial charge in [-0.1, -0.05) is 24.3 Å². The second-order valence-corrected chi connectivity index (χ2v) is 7.62. The van der Waals surface area contributed by atoms with Crippen molar-refractivity contribution in [3.8, 4) is 5.75 Å². The molecule has 2 aromatic carbocycles. The second-order valence-electron chi connectivity index (χ2n) is 7.62. The predicted octanol–water partition coefficient (Wildman–Crippen LogP) is 3.90. The van der Waals surface area contributed by atoms with E-state index in [1.54, 1.807) is 30.3 Å². The van der Waals surface area contributed by atoms with Gasteiger partial charge in [0.1, 0.15) is 17.4 Å². The van der Waals surface area contributed by atoms with Crippen molar-refractivity contribution in [1.82, 2.24) is 14.5 Å². The van der Waals surface area contributed by atoms with E-state index in [-0.39, 0.29) is 24.1 Å². The third-order valence-corrected chi connectivity index (χ3v) is 5.46. The van der Waals surface area contributed by atoms with E-state index in [1.807, 2.05) is 35.0 Å². The molecule has 1 saturated heterocycles. The fraction of sp³-hybridized carbons (Fsp3) is 0.333. The molecule has 0 unspecified atom stereocenters. The van der Waals surface area contributed by atoms with Gasteiger partial charge in [-0.05, 0) is 42.7 Å². The number of carbonyl (C=O) groups excluding carboxylic acids is 1. The first kappa shape index (κ1) is 21.1. The molecular formula is C24H26FN3O3. The first-order valence-electron chi connectivity index (χ1n) is 10.4. The highest BCUT2D eigenvalue weighted by atomic mass is 19.1. The van der Waals surface area contributed by atoms with Gasteiger partial charge in [0, 0.05) is 32.1 Å². The molecule has 1 aliphatic heterocycles. The van der Waals surface area contributed by atoms with E-state index in [2.05, 4.69) is 4.98 Å². The number of hydrogen-bond acceptors (Lipinski definition) is 4. The largest absolute Gasteiger partial charge is 0.497 e. The van der Waals surface area contributed by atoms with Crippen LogP contribution in [0.3, 0.4) is 0 Å². The molecule has 0 saturated carbocycles. The second kappa shape index (κ2) is 9.75. The van der Waals surface area contributed by atoms with Crippen molar-refractivity contribution >= 4 is 5.91 Å². The molecule has 31 heavy (non-hydrogen) atoms. The van der Waals surface area contributed by atoms with E-state index in [0.29, 0.717) is 19.7 Å². The SMILES string of the molecule is COc1cccc(Cn2ccnc2CN(C[C@@H]2CCCO2)C(=O)c2ccccc2F)c1. The Bertz CT molecular complexity index is 1030. The van der Waals surface area contributed by atoms with Crippen molar-refractivity contribution in [2.24, 2.45) is 0 Å². The molecule has 0 bridgehead atoms. The Morgan fingerprint density at radius 2 is 2.16 bits per heavy atom. The van der Waals surface area contributed by atoms with Gasteiger partial charge in [-0.3, -0.25) is 4.79 Å². The molecule has 6 nitrogen and oxygen atoms in total. The Labute approximate surface area is 181 Å². The van der Waals surface area contributed by atoms with Crippen molar-refractivity contribution in [3.05, 3.63) is 83.7 Å². The normalized spacial score (nSPS) is 15.7. The summed E-state index contributed by atoms with van der Waals surface area (Å²) in [6.07, 6.45) is 5.41. The quantitative estimate of drug-likeness (QED) is 0.551. The van der Waals surface area contributed by atoms with E-state index < -0.39 is 5.82 Å². The van der Waals surface area contributed by atoms with Crippen molar-refractivity contribution in [2.75, 3.05) is 20.3 Å². The lowest BCUT2D eigenvalue weighted by molar-refractivity contribution is 0.0495. The molecule has 162 valence electrons. The van der Waals surface area contributed by atoms with Crippen molar-refractivity contribution in [2.45, 2.75) is 32.0 Å². The van der Waals surface area contributed by atoms with Gasteiger partial charge >= 0.3 is 0 Å². The lowest BCUT2D eigenvalue weighted by atomic mass is 10.1. The summed E-state index contributed by atoms with van der Waals surface area (Å²) in [5.74, 6) is 0.633. The van der Waals surface area contributed by atoms with Crippen LogP contribution in [0.1, 0.15) is 34.6 Å². The van der Waals surface area contributed by atoms with E-state index in [9.17, 15) is 9.18 Å². The molecule has 7 heteroatoms. The fourth-order valence-electron chi connectivity index (χ4n) is 3.83. The molecule has 1 aliphatic rings. The molecule has 1 fully saturated rings. The average Bonchev–Trinajstić information content (AvgIpc) is 3.46. The molecule has 1 aromatic heterocycles. The van der Waals surface area contributed by atoms with E-state index in [4.69, 9.17) is 9.47 Å². The van der Waals surface area contributed by atoms with Crippen LogP contribution >= 0.6 is 0 Å². The van der Waals surface area contributed by atoms with Crippen LogP contribution in [0, 0.1) is 5.82 Å². The van der Waals surface area contributed by atoms with E-state index in [0.717, 1.165) is 30.0 Å². The highest BCUT2D eigenvalue weighted by molar-refractivity contribution is 5.94. The number of hydrogen-bond donors (Lipinski definition) is 0. The zero-order valence-electron chi connectivity index (χ0n) is 17.5. The molecule has 4 rings (SSSR count). The smallest absolute Gasteiger partial charge is 0.257 e. The Morgan fingerprint density at radius 3 is 2.94 bits per heavy atom. The zero-order chi connectivity index (χ0) is 21.6. The lowest BCUT2D eigenvalue weighted by Gasteiger charge is -2.26. The number of ether oxygens (including phenoxy) is 2. The maximum absolute atomic E-state index is 14.3. The molecule has 0 radical (unpaired) electrons. The van der Waals surface area contributed by atoms with E-state index in [1.165, 1.54) is 12.1 Å². The van der Waals surface area contributed by atoms with Gasteiger partial charge in [-0.2, -0.15) is 0 Å². The number of benzene rings is 2. The molecule has 1 atom stereocenters. The van der Waals surface area contributed by atoms with E-state index >= 15 is 0 Å². The monoisotopic (exact) mass is 423 g/mol. The summed E-state index contributed by atoms with van der Waals surface area (Å²) in [6, 6.07) is 13.9. The molecule has 3 aromatic rings. The summed E-state index contributed by atoms with van der Waals surface area (Å²) in [4.78, 5) is 19.3. The molecular weight excluding hydrogens is 397 g/mol. The molecule has 0 spiro atoms. The summed E-state index contributed by atoms with van der Waals surface area (Å²) < 4.78 is 27.4. The topological polar surface area (TPSA) is 56.6 Å². The minimum atomic E-state index is -0.524. The van der Waals surface area contributed by atoms with Crippen LogP contribution in [0.15, 0.2) is 60.9 Å². The van der Waals surface area contributed by atoms with Crippen molar-refractivity contribution in [1.29, 1.82) is 0 Å². The Kier molecular flexibility index (Phi) is 6.62. The van der Waals surface area contributed by atoms with Crippen molar-refractivity contribution in [3.63, 3.8) is 0 Å². The van der Waals surface area contributed by atoms with Crippen LogP contribution in [-0.4, -0.2) is 46.7 Å². The minimum Gasteiger partial charge on any atom is -0.497 e. The van der Waals surface area contributed by atoms with Crippen LogP contribution < -0.4 is 4.74 Å². The van der Waals surface area contributed by atoms with Crippen LogP contribution in [0.4, 0.5) is 4.39 Å². The van der Waals surface area contributed by atoms with Gasteiger partial charge in [0.25, 0.3) is 5.91 Å². The molecule has 0 aliphatic carbocycles. The highest BCUT2D eigenvalue weighted by Crippen LogP contribution is 2.19. The summed E-state index contributed by atoms with van der Waals surface area (Å²) in [6.45, 7) is 1.95. The van der Waals surface area contributed by atoms with Crippen LogP contribution in [0.2, 0.25) is 0 Å². The third-order valence-electron chi connectivity index (χ3n) is 5.46. The van der Waals surface area contributed by atoms with Crippen molar-refractivity contribution < 1.29 is 18.7 Å². The number of amides is 1. The maximum atomic E-state index is 14.3. The number of rotatable bonds is 8. The Hall–Kier alpha value is -3.19. The predicted molar refractivity (Wildman–Crippen MR) is 114 cm³/mol. The number of carbonyl (C=O) groups is 1. The van der Waals surface area contributed by atoms with Gasteiger partial charge in [-0.25, -0.2) is 9.37 Å². The minimum absolute atomic E-state index is 0.0440. The summed E-state index contributed by atoms with van der Waals surface area (Å²) >= 11 is 0. The molecule has 1 amide bonds. The van der Waals surface area contributed by atoms with Gasteiger partial charge in [0.2, 0.25) is 0 Å². The first-order valence-corrected chi connectivity index (χ1v) is 10.4. The standard InChI is InChI=1S/C24H26FN3O3/c1-30-19-7-4-6-18(14-19)15-27-12-11-26-23(27)17-28(16-20-8-5-13-31-20)24(29)21-9-2-3-10-22(21)25/h2-4,6-7,9-12,14,20H,5,8,13,15-17H2,1H3/t20-/m0/s1. The van der Waals surface area contributed by atoms with Gasteiger partial charge in [-0.15, -0.1) is 0 Å². The van der Waals surface area contributed by atoms with Gasteiger partial charge < -0.3 is 18.9 Å². The first-order chi connectivity index (χ1) is 15.1. The lowest BCUT2D eigenvalue weighted by Crippen LogP contribution is -2.38. The zero-order valence-corrected chi connectivity index (χ0v) is 17.5. The van der Waals surface area contributed by atoms with Gasteiger partial charge in [0.05, 0.1) is 25.3 Å². The van der Waals surface area contributed by atoms with Crippen LogP contribution in [-0.2, 0) is 17.8 Å². The highest BCUT2D eigenvalue weighted by Gasteiger charge is 2.26. The average molecular weight is 423 g/mol. The molecule has 0 N–H and O–H groups in total. The van der Waals surface area contributed by atoms with Crippen LogP contribution in [0.5, 0.6) is 5.75 Å². The van der Waals surface area contributed by atoms with Gasteiger partial charge in [0.15, 0.2) is 0 Å². The summed E-state index contributed by atoms with van der Waals surface area (Å²) in [5, 5.41) is 0. The third kappa shape index (κ3) is 5.11. The summed E-state index contributed by atoms with van der Waals surface area (Å²) in [5.41, 5.74) is 1.12. The summed E-state index contributed by atoms with van der Waals surface area (Å²) in [7, 11) is 1.64. The molecule has 2 heterocycles. The Balaban J connectivity index is 1.56. The van der Waals surface area contributed by atoms with Crippen LogP contribution in [0.25, 0.3) is 0 Å². The Morgan fingerprint density at radius 1 is 1.29 bits per heavy atom. The fourth-order valence-corrected chi connectivity index (χ4v) is 3.83. The maximum Gasteiger partial charge on any atom is 0.257 e. The number of halogens is 1.